The molecule has 0 bridgehead atoms. The molecule has 11 heteroatoms. The molecule has 11 nitrogen and oxygen atoms in total. The number of hydrogen-bond acceptors (Lipinski definition) is 7. The van der Waals surface area contributed by atoms with Gasteiger partial charge in [0.15, 0.2) is 0 Å². The summed E-state index contributed by atoms with van der Waals surface area (Å²) in [6.45, 7) is 2.78. The Kier molecular flexibility index (Phi) is 9.37. The van der Waals surface area contributed by atoms with Gasteiger partial charge in [-0.15, -0.1) is 0 Å². The third kappa shape index (κ3) is 7.99. The molecule has 2 rings (SSSR count). The number of carbonyl (C=O) groups excluding carboxylic acids is 1. The van der Waals surface area contributed by atoms with Gasteiger partial charge in [-0.1, -0.05) is 6.42 Å². The lowest BCUT2D eigenvalue weighted by Crippen LogP contribution is -2.32. The first-order valence-corrected chi connectivity index (χ1v) is 8.55. The number of nitro groups is 1. The number of aliphatic carboxylic acids is 2. The number of ether oxygens (including phenoxy) is 1. The molecule has 0 unspecified atom stereocenters. The fraction of sp³-hybridized carbons (Fsp3) is 0.471. The zero-order valence-corrected chi connectivity index (χ0v) is 15.4. The van der Waals surface area contributed by atoms with E-state index in [2.05, 4.69) is 10.2 Å². The van der Waals surface area contributed by atoms with Crippen LogP contribution >= 0.6 is 0 Å². The van der Waals surface area contributed by atoms with Gasteiger partial charge in [-0.3, -0.25) is 14.9 Å². The Morgan fingerprint density at radius 3 is 2.29 bits per heavy atom. The number of non-ortho nitro benzene ring substituents is 1. The SMILES string of the molecule is COc1ccc([N+](=O)[O-])cc1NC(=O)CCN1CCCCC1.O=C(O)C(=O)O. The van der Waals surface area contributed by atoms with E-state index in [1.807, 2.05) is 0 Å². The molecule has 1 amide bonds. The molecular weight excluding hydrogens is 374 g/mol. The van der Waals surface area contributed by atoms with Gasteiger partial charge in [0.05, 0.1) is 17.7 Å². The fourth-order valence-corrected chi connectivity index (χ4v) is 2.56. The van der Waals surface area contributed by atoms with Gasteiger partial charge in [0.2, 0.25) is 5.91 Å². The molecule has 1 aliphatic rings. The highest BCUT2D eigenvalue weighted by molar-refractivity contribution is 6.27. The number of likely N-dealkylation sites (tertiary alicyclic amines) is 1. The normalized spacial score (nSPS) is 13.6. The first-order chi connectivity index (χ1) is 13.2. The molecule has 0 atom stereocenters. The minimum absolute atomic E-state index is 0.0767. The van der Waals surface area contributed by atoms with Gasteiger partial charge in [-0.25, -0.2) is 9.59 Å². The topological polar surface area (TPSA) is 159 Å². The molecule has 0 aliphatic carbocycles. The number of carboxylic acids is 2. The van der Waals surface area contributed by atoms with Crippen LogP contribution in [0, 0.1) is 10.1 Å². The highest BCUT2D eigenvalue weighted by Crippen LogP contribution is 2.28. The second-order valence-corrected chi connectivity index (χ2v) is 5.95. The standard InChI is InChI=1S/C15H21N3O4.C2H2O4/c1-22-14-6-5-12(18(20)21)11-13(14)16-15(19)7-10-17-8-3-2-4-9-17;3-1(4)2(5)6/h5-6,11H,2-4,7-10H2,1H3,(H,16,19);(H,3,4)(H,5,6). The maximum absolute atomic E-state index is 12.0. The average molecular weight is 397 g/mol. The maximum Gasteiger partial charge on any atom is 0.414 e. The second-order valence-electron chi connectivity index (χ2n) is 5.95. The number of carboxylic acid groups (broad SMARTS) is 2. The van der Waals surface area contributed by atoms with Crippen LogP contribution in [0.3, 0.4) is 0 Å². The molecule has 1 aromatic carbocycles. The van der Waals surface area contributed by atoms with Gasteiger partial charge in [0, 0.05) is 25.1 Å². The van der Waals surface area contributed by atoms with E-state index in [-0.39, 0.29) is 11.6 Å². The molecule has 1 saturated heterocycles. The molecule has 0 radical (unpaired) electrons. The molecule has 1 heterocycles. The average Bonchev–Trinajstić information content (AvgIpc) is 2.67. The van der Waals surface area contributed by atoms with Crippen molar-refractivity contribution >= 4 is 29.2 Å². The molecular formula is C17H23N3O8. The number of methoxy groups -OCH3 is 1. The highest BCUT2D eigenvalue weighted by Gasteiger charge is 2.15. The van der Waals surface area contributed by atoms with E-state index in [1.165, 1.54) is 44.6 Å². The van der Waals surface area contributed by atoms with Crippen molar-refractivity contribution in [2.24, 2.45) is 0 Å². The van der Waals surface area contributed by atoms with Gasteiger partial charge in [0.1, 0.15) is 5.75 Å². The monoisotopic (exact) mass is 397 g/mol. The van der Waals surface area contributed by atoms with Gasteiger partial charge < -0.3 is 25.2 Å². The number of nitrogens with zero attached hydrogens (tertiary/aromatic N) is 2. The van der Waals surface area contributed by atoms with Gasteiger partial charge >= 0.3 is 11.9 Å². The minimum atomic E-state index is -1.82. The minimum Gasteiger partial charge on any atom is -0.495 e. The van der Waals surface area contributed by atoms with E-state index in [1.54, 1.807) is 0 Å². The smallest absolute Gasteiger partial charge is 0.414 e. The summed E-state index contributed by atoms with van der Waals surface area (Å²) in [4.78, 5) is 42.8. The Balaban J connectivity index is 0.000000568. The molecule has 0 aromatic heterocycles. The van der Waals surface area contributed by atoms with Crippen molar-refractivity contribution in [3.63, 3.8) is 0 Å². The van der Waals surface area contributed by atoms with Crippen molar-refractivity contribution in [1.82, 2.24) is 4.90 Å². The summed E-state index contributed by atoms with van der Waals surface area (Å²) in [5.41, 5.74) is 0.257. The second kappa shape index (κ2) is 11.5. The number of carbonyl (C=O) groups is 3. The van der Waals surface area contributed by atoms with Crippen molar-refractivity contribution in [3.05, 3.63) is 28.3 Å². The summed E-state index contributed by atoms with van der Waals surface area (Å²) in [6, 6.07) is 4.15. The van der Waals surface area contributed by atoms with Crippen molar-refractivity contribution in [3.8, 4) is 5.75 Å². The van der Waals surface area contributed by atoms with Crippen LogP contribution in [-0.2, 0) is 14.4 Å². The molecule has 1 aliphatic heterocycles. The van der Waals surface area contributed by atoms with Crippen LogP contribution in [0.2, 0.25) is 0 Å². The van der Waals surface area contributed by atoms with E-state index < -0.39 is 16.9 Å². The van der Waals surface area contributed by atoms with Crippen molar-refractivity contribution in [2.45, 2.75) is 25.7 Å². The summed E-state index contributed by atoms with van der Waals surface area (Å²) in [5, 5.41) is 28.3. The van der Waals surface area contributed by atoms with Crippen LogP contribution in [0.25, 0.3) is 0 Å². The third-order valence-electron chi connectivity index (χ3n) is 3.95. The van der Waals surface area contributed by atoms with Crippen LogP contribution in [-0.4, -0.2) is 64.6 Å². The summed E-state index contributed by atoms with van der Waals surface area (Å²) in [7, 11) is 1.46. The number of amides is 1. The lowest BCUT2D eigenvalue weighted by atomic mass is 10.1. The maximum atomic E-state index is 12.0. The van der Waals surface area contributed by atoms with Crippen LogP contribution in [0.5, 0.6) is 5.75 Å². The molecule has 0 spiro atoms. The molecule has 28 heavy (non-hydrogen) atoms. The zero-order chi connectivity index (χ0) is 21.1. The number of nitro benzene ring substituents is 1. The molecule has 1 fully saturated rings. The Labute approximate surface area is 161 Å². The number of hydrogen-bond donors (Lipinski definition) is 3. The van der Waals surface area contributed by atoms with E-state index in [0.29, 0.717) is 24.4 Å². The number of piperidine rings is 1. The lowest BCUT2D eigenvalue weighted by Gasteiger charge is -2.26. The van der Waals surface area contributed by atoms with E-state index in [0.717, 1.165) is 13.1 Å². The summed E-state index contributed by atoms with van der Waals surface area (Å²) >= 11 is 0. The Bertz CT molecular complexity index is 704. The molecule has 1 aromatic rings. The predicted molar refractivity (Wildman–Crippen MR) is 98.5 cm³/mol. The van der Waals surface area contributed by atoms with Crippen molar-refractivity contribution in [2.75, 3.05) is 32.1 Å². The quantitative estimate of drug-likeness (QED) is 0.368. The fourth-order valence-electron chi connectivity index (χ4n) is 2.56. The van der Waals surface area contributed by atoms with Crippen LogP contribution in [0.15, 0.2) is 18.2 Å². The highest BCUT2D eigenvalue weighted by atomic mass is 16.6. The zero-order valence-electron chi connectivity index (χ0n) is 15.4. The van der Waals surface area contributed by atoms with Crippen LogP contribution in [0.4, 0.5) is 11.4 Å². The van der Waals surface area contributed by atoms with Gasteiger partial charge in [-0.2, -0.15) is 0 Å². The van der Waals surface area contributed by atoms with Crippen LogP contribution in [0.1, 0.15) is 25.7 Å². The Morgan fingerprint density at radius 2 is 1.79 bits per heavy atom. The Morgan fingerprint density at radius 1 is 1.18 bits per heavy atom. The number of nitrogens with one attached hydrogen (secondary N) is 1. The van der Waals surface area contributed by atoms with Gasteiger partial charge in [-0.05, 0) is 32.0 Å². The largest absolute Gasteiger partial charge is 0.495 e. The van der Waals surface area contributed by atoms with Crippen LogP contribution < -0.4 is 10.1 Å². The summed E-state index contributed by atoms with van der Waals surface area (Å²) < 4.78 is 5.13. The summed E-state index contributed by atoms with van der Waals surface area (Å²) in [5.74, 6) is -3.40. The van der Waals surface area contributed by atoms with E-state index in [9.17, 15) is 14.9 Å². The lowest BCUT2D eigenvalue weighted by molar-refractivity contribution is -0.384. The predicted octanol–water partition coefficient (Wildman–Crippen LogP) is 1.57. The van der Waals surface area contributed by atoms with Crippen molar-refractivity contribution < 1.29 is 34.3 Å². The number of rotatable bonds is 6. The molecule has 0 saturated carbocycles. The van der Waals surface area contributed by atoms with Crippen molar-refractivity contribution in [1.29, 1.82) is 0 Å². The number of benzene rings is 1. The first-order valence-electron chi connectivity index (χ1n) is 8.55. The Hall–Kier alpha value is -3.21. The summed E-state index contributed by atoms with van der Waals surface area (Å²) in [6.07, 6.45) is 3.99. The molecule has 3 N–H and O–H groups in total. The number of anilines is 1. The van der Waals surface area contributed by atoms with Gasteiger partial charge in [0.25, 0.3) is 5.69 Å². The first kappa shape index (κ1) is 22.8. The third-order valence-corrected chi connectivity index (χ3v) is 3.95. The van der Waals surface area contributed by atoms with E-state index in [4.69, 9.17) is 24.5 Å². The van der Waals surface area contributed by atoms with E-state index >= 15 is 0 Å². The molecule has 154 valence electrons.